The minimum absolute atomic E-state index is 0.0204. The van der Waals surface area contributed by atoms with Crippen LogP contribution in [0.2, 0.25) is 5.02 Å². The highest BCUT2D eigenvalue weighted by molar-refractivity contribution is 6.33. The lowest BCUT2D eigenvalue weighted by Crippen LogP contribution is -2.49. The van der Waals surface area contributed by atoms with Gasteiger partial charge in [0.15, 0.2) is 11.8 Å². The van der Waals surface area contributed by atoms with Gasteiger partial charge in [0.2, 0.25) is 5.91 Å². The fourth-order valence-corrected chi connectivity index (χ4v) is 6.80. The van der Waals surface area contributed by atoms with Crippen LogP contribution >= 0.6 is 11.6 Å². The highest BCUT2D eigenvalue weighted by Gasteiger charge is 2.51. The van der Waals surface area contributed by atoms with Crippen molar-refractivity contribution in [2.75, 3.05) is 13.2 Å². The lowest BCUT2D eigenvalue weighted by Gasteiger charge is -2.38. The van der Waals surface area contributed by atoms with Crippen molar-refractivity contribution in [3.8, 4) is 5.75 Å². The number of halogens is 3. The number of fused-ring (bicyclic) bond motifs is 1. The molecule has 0 aromatic heterocycles. The quantitative estimate of drug-likeness (QED) is 0.313. The zero-order valence-corrected chi connectivity index (χ0v) is 25.3. The predicted octanol–water partition coefficient (Wildman–Crippen LogP) is 5.07. The van der Waals surface area contributed by atoms with Gasteiger partial charge in [0.25, 0.3) is 0 Å². The van der Waals surface area contributed by atoms with E-state index in [0.717, 1.165) is 18.4 Å². The number of carbonyl (C=O) groups is 1. The lowest BCUT2D eigenvalue weighted by atomic mass is 9.75. The van der Waals surface area contributed by atoms with E-state index in [1.807, 2.05) is 44.2 Å². The molecule has 43 heavy (non-hydrogen) atoms. The van der Waals surface area contributed by atoms with Gasteiger partial charge in [-0.25, -0.2) is 8.78 Å². The normalized spacial score (nSPS) is 31.1. The number of benzene rings is 2. The zero-order chi connectivity index (χ0) is 31.1. The molecule has 1 fully saturated rings. The van der Waals surface area contributed by atoms with Crippen molar-refractivity contribution in [2.24, 2.45) is 5.73 Å². The van der Waals surface area contributed by atoms with Crippen molar-refractivity contribution < 1.29 is 33.3 Å². The molecule has 0 spiro atoms. The van der Waals surface area contributed by atoms with Crippen molar-refractivity contribution in [2.45, 2.75) is 88.0 Å². The Balaban J connectivity index is 1.60. The number of rotatable bonds is 9. The molecule has 1 heterocycles. The molecule has 2 aliphatic carbocycles. The average Bonchev–Trinajstić information content (AvgIpc) is 3.24. The maximum atomic E-state index is 16.4. The number of nitrogens with two attached hydrogens (primary N) is 1. The Bertz CT molecular complexity index is 1420. The van der Waals surface area contributed by atoms with Gasteiger partial charge in [-0.3, -0.25) is 4.79 Å². The van der Waals surface area contributed by atoms with Crippen molar-refractivity contribution in [3.63, 3.8) is 0 Å². The van der Waals surface area contributed by atoms with Crippen LogP contribution in [0, 0.1) is 5.82 Å². The van der Waals surface area contributed by atoms with Crippen LogP contribution in [0.25, 0.3) is 5.57 Å². The highest BCUT2D eigenvalue weighted by Crippen LogP contribution is 2.55. The molecule has 5 rings (SSSR count). The zero-order valence-electron chi connectivity index (χ0n) is 24.6. The van der Waals surface area contributed by atoms with E-state index >= 15 is 8.78 Å². The van der Waals surface area contributed by atoms with Crippen LogP contribution in [0.4, 0.5) is 8.78 Å². The van der Waals surface area contributed by atoms with Gasteiger partial charge in [-0.15, -0.1) is 0 Å². The molecule has 1 amide bonds. The van der Waals surface area contributed by atoms with Gasteiger partial charge in [-0.1, -0.05) is 61.0 Å². The Morgan fingerprint density at radius 1 is 1.28 bits per heavy atom. The highest BCUT2D eigenvalue weighted by atomic mass is 35.5. The molecule has 7 nitrogen and oxygen atoms in total. The summed E-state index contributed by atoms with van der Waals surface area (Å²) in [4.78, 5) is 12.6. The van der Waals surface area contributed by atoms with Crippen LogP contribution < -0.4 is 15.8 Å². The third-order valence-electron chi connectivity index (χ3n) is 9.00. The molecule has 2 aromatic carbocycles. The van der Waals surface area contributed by atoms with Gasteiger partial charge < -0.3 is 30.7 Å². The van der Waals surface area contributed by atoms with Crippen LogP contribution in [0.5, 0.6) is 5.75 Å². The van der Waals surface area contributed by atoms with Crippen LogP contribution in [0.1, 0.15) is 69.1 Å². The summed E-state index contributed by atoms with van der Waals surface area (Å²) >= 11 is 6.62. The molecule has 0 radical (unpaired) electrons. The maximum absolute atomic E-state index is 16.4. The summed E-state index contributed by atoms with van der Waals surface area (Å²) in [6.07, 6.45) is 1.67. The van der Waals surface area contributed by atoms with E-state index in [4.69, 9.17) is 26.8 Å². The number of hydrogen-bond donors (Lipinski definition) is 4. The first-order valence-electron chi connectivity index (χ1n) is 14.7. The number of primary amides is 1. The number of aliphatic hydroxyl groups excluding tert-OH is 1. The SMILES string of the molecule is C[C@H](O)COC1C=CC(C(N)=O)=C(c2c(Cl)c(F)cc3c2[C@H](C)[C@@](CN[C@H]2CC[C@](C)(O)CC2)(c2ccccc2)O3)C1F. The van der Waals surface area contributed by atoms with Gasteiger partial charge in [-0.05, 0) is 45.1 Å². The van der Waals surface area contributed by atoms with Crippen LogP contribution in [0.3, 0.4) is 0 Å². The second kappa shape index (κ2) is 12.3. The van der Waals surface area contributed by atoms with Gasteiger partial charge >= 0.3 is 0 Å². The van der Waals surface area contributed by atoms with Crippen molar-refractivity contribution in [1.29, 1.82) is 0 Å². The summed E-state index contributed by atoms with van der Waals surface area (Å²) in [5.41, 5.74) is 4.98. The van der Waals surface area contributed by atoms with E-state index < -0.39 is 47.2 Å². The molecular formula is C33H39ClF2N2O5. The lowest BCUT2D eigenvalue weighted by molar-refractivity contribution is -0.114. The monoisotopic (exact) mass is 616 g/mol. The topological polar surface area (TPSA) is 114 Å². The number of carbonyl (C=O) groups excluding carboxylic acids is 1. The van der Waals surface area contributed by atoms with Crippen molar-refractivity contribution in [1.82, 2.24) is 5.32 Å². The Labute approximate surface area is 255 Å². The third-order valence-corrected chi connectivity index (χ3v) is 9.37. The molecule has 232 valence electrons. The number of alkyl halides is 1. The first-order chi connectivity index (χ1) is 20.3. The summed E-state index contributed by atoms with van der Waals surface area (Å²) in [6, 6.07) is 10.9. The summed E-state index contributed by atoms with van der Waals surface area (Å²) in [7, 11) is 0. The maximum Gasteiger partial charge on any atom is 0.249 e. The molecule has 1 saturated carbocycles. The minimum Gasteiger partial charge on any atom is -0.480 e. The average molecular weight is 617 g/mol. The van der Waals surface area contributed by atoms with Crippen LogP contribution in [-0.4, -0.2) is 59.3 Å². The predicted molar refractivity (Wildman–Crippen MR) is 161 cm³/mol. The molecule has 5 atom stereocenters. The molecule has 0 saturated heterocycles. The summed E-state index contributed by atoms with van der Waals surface area (Å²) in [6.45, 7) is 5.47. The number of hydrogen-bond acceptors (Lipinski definition) is 6. The second-order valence-corrected chi connectivity index (χ2v) is 12.7. The summed E-state index contributed by atoms with van der Waals surface area (Å²) < 4.78 is 44.2. The molecular weight excluding hydrogens is 578 g/mol. The van der Waals surface area contributed by atoms with Crippen LogP contribution in [-0.2, 0) is 15.1 Å². The number of amides is 1. The molecule has 1 aliphatic heterocycles. The van der Waals surface area contributed by atoms with E-state index in [1.54, 1.807) is 0 Å². The molecule has 10 heteroatoms. The number of nitrogens with one attached hydrogen (secondary N) is 1. The number of aliphatic hydroxyl groups is 2. The minimum atomic E-state index is -1.93. The van der Waals surface area contributed by atoms with Gasteiger partial charge in [-0.2, -0.15) is 0 Å². The largest absolute Gasteiger partial charge is 0.480 e. The first-order valence-corrected chi connectivity index (χ1v) is 15.1. The third kappa shape index (κ3) is 6.11. The van der Waals surface area contributed by atoms with E-state index in [0.29, 0.717) is 24.9 Å². The van der Waals surface area contributed by atoms with Gasteiger partial charge in [0, 0.05) is 46.8 Å². The summed E-state index contributed by atoms with van der Waals surface area (Å²) in [5, 5.41) is 23.4. The second-order valence-electron chi connectivity index (χ2n) is 12.3. The Morgan fingerprint density at radius 2 is 1.95 bits per heavy atom. The first kappa shape index (κ1) is 31.6. The van der Waals surface area contributed by atoms with Crippen molar-refractivity contribution in [3.05, 3.63) is 81.7 Å². The van der Waals surface area contributed by atoms with E-state index in [1.165, 1.54) is 25.1 Å². The molecule has 2 unspecified atom stereocenters. The number of ether oxygens (including phenoxy) is 2. The Hall–Kier alpha value is -2.82. The van der Waals surface area contributed by atoms with Crippen molar-refractivity contribution >= 4 is 23.1 Å². The molecule has 5 N–H and O–H groups in total. The van der Waals surface area contributed by atoms with E-state index in [-0.39, 0.29) is 40.1 Å². The summed E-state index contributed by atoms with van der Waals surface area (Å²) in [5.74, 6) is -2.00. The van der Waals surface area contributed by atoms with Crippen LogP contribution in [0.15, 0.2) is 54.1 Å². The van der Waals surface area contributed by atoms with Gasteiger partial charge in [0.1, 0.15) is 17.7 Å². The smallest absolute Gasteiger partial charge is 0.249 e. The fourth-order valence-electron chi connectivity index (χ4n) is 6.54. The molecule has 0 bridgehead atoms. The van der Waals surface area contributed by atoms with Gasteiger partial charge in [0.05, 0.1) is 23.3 Å². The Kier molecular flexibility index (Phi) is 9.03. The standard InChI is InChI=1S/C33H39ClF2N2O5/c1-18(39)16-42-24-10-9-22(31(37)40)27(30(24)36)28-26-19(2)33(20-7-5-4-6-8-20,43-25(26)15-23(35)29(28)34)17-38-21-11-13-32(3,41)14-12-21/h4-10,15,18-19,21,24,30,38-39,41H,11-14,16-17H2,1-3H3,(H2,37,40)/t18-,19-,21-,24?,30?,32-,33-/m0/s1. The molecule has 2 aromatic rings. The molecule has 3 aliphatic rings. The van der Waals surface area contributed by atoms with E-state index in [9.17, 15) is 15.0 Å². The Morgan fingerprint density at radius 3 is 2.58 bits per heavy atom. The van der Waals surface area contributed by atoms with E-state index in [2.05, 4.69) is 5.32 Å². The fraction of sp³-hybridized carbons (Fsp3) is 0.485.